The predicted molar refractivity (Wildman–Crippen MR) is 322 cm³/mol. The molecule has 5 N–H and O–H groups in total. The van der Waals surface area contributed by atoms with Gasteiger partial charge in [0.2, 0.25) is 23.6 Å². The van der Waals surface area contributed by atoms with Crippen LogP contribution in [-0.2, 0) is 59.8 Å². The Morgan fingerprint density at radius 3 is 2.26 bits per heavy atom. The monoisotopic (exact) mass is 1210 g/mol. The van der Waals surface area contributed by atoms with Crippen LogP contribution in [0.25, 0.3) is 11.1 Å². The predicted octanol–water partition coefficient (Wildman–Crippen LogP) is 8.21. The average molecular weight is 1210 g/mol. The summed E-state index contributed by atoms with van der Waals surface area (Å²) >= 11 is 8.34. The van der Waals surface area contributed by atoms with E-state index in [1.165, 1.54) is 63.6 Å². The second-order valence-corrected chi connectivity index (χ2v) is 23.8. The minimum absolute atomic E-state index is 0.0864. The highest BCUT2D eigenvalue weighted by molar-refractivity contribution is 7.98. The summed E-state index contributed by atoms with van der Waals surface area (Å²) < 4.78 is 35.1. The highest BCUT2D eigenvalue weighted by Crippen LogP contribution is 2.50. The Kier molecular flexibility index (Phi) is 20.4. The van der Waals surface area contributed by atoms with E-state index in [0.29, 0.717) is 35.1 Å². The van der Waals surface area contributed by atoms with Crippen LogP contribution in [0.2, 0.25) is 5.02 Å². The number of thioether (sulfide) groups is 1. The quantitative estimate of drug-likeness (QED) is 0.0289. The minimum atomic E-state index is -1.87. The third-order valence-corrected chi connectivity index (χ3v) is 17.7. The van der Waals surface area contributed by atoms with Crippen LogP contribution in [-0.4, -0.2) is 146 Å². The van der Waals surface area contributed by atoms with Crippen molar-refractivity contribution in [3.8, 4) is 16.9 Å². The zero-order valence-corrected chi connectivity index (χ0v) is 51.0. The maximum Gasteiger partial charge on any atom is 0.409 e. The topological polar surface area (TPSA) is 253 Å². The summed E-state index contributed by atoms with van der Waals surface area (Å²) in [5, 5.41) is 22.6. The molecule has 4 aromatic rings. The van der Waals surface area contributed by atoms with E-state index in [4.69, 9.17) is 40.0 Å². The number of fused-ring (bicyclic) bond motifs is 8. The summed E-state index contributed by atoms with van der Waals surface area (Å²) in [5.41, 5.74) is 4.61. The highest BCUT2D eigenvalue weighted by atomic mass is 35.5. The molecule has 4 aliphatic rings. The highest BCUT2D eigenvalue weighted by Gasteiger charge is 2.64. The van der Waals surface area contributed by atoms with Crippen LogP contribution in [0, 0.1) is 5.92 Å². The van der Waals surface area contributed by atoms with Crippen LogP contribution >= 0.6 is 23.4 Å². The SMILES string of the molecule is COc1cc2cc(c1Cl)N(C)C(=O)CC(OC(=O)C(C)N(C)C(=O)CCSCc1ccc(NC(=O)C(C)NC(=O)C(C)NC(=O)OCC3c4ccccc4-c4ccccc43)cc1)C1(C)OC1C(C)C1CC(O)(NC(=O)O1)C(OC)C=CC=C(C)C2. The van der Waals surface area contributed by atoms with Gasteiger partial charge in [0.05, 0.1) is 25.3 Å². The van der Waals surface area contributed by atoms with E-state index in [2.05, 4.69) is 21.3 Å². The van der Waals surface area contributed by atoms with Gasteiger partial charge in [-0.3, -0.25) is 24.5 Å². The number of nitrogens with one attached hydrogen (secondary N) is 4. The molecule has 22 heteroatoms. The average Bonchev–Trinajstić information content (AvgIpc) is 1.99. The Morgan fingerprint density at radius 1 is 0.941 bits per heavy atom. The first-order chi connectivity index (χ1) is 40.4. The van der Waals surface area contributed by atoms with E-state index in [9.17, 15) is 38.7 Å². The Bertz CT molecular complexity index is 3190. The molecule has 0 radical (unpaired) electrons. The third kappa shape index (κ3) is 14.8. The number of epoxide rings is 1. The number of likely N-dealkylation sites (N-methyl/N-ethyl adjacent to an activating group) is 1. The fourth-order valence-electron chi connectivity index (χ4n) is 11.0. The van der Waals surface area contributed by atoms with Gasteiger partial charge < -0.3 is 59.3 Å². The molecule has 3 aliphatic heterocycles. The molecule has 4 bridgehead atoms. The van der Waals surface area contributed by atoms with Crippen LogP contribution < -0.4 is 30.9 Å². The zero-order chi connectivity index (χ0) is 61.5. The van der Waals surface area contributed by atoms with Crippen molar-refractivity contribution in [1.82, 2.24) is 20.9 Å². The Labute approximate surface area is 504 Å². The van der Waals surface area contributed by atoms with Gasteiger partial charge in [0.25, 0.3) is 0 Å². The molecule has 8 rings (SSSR count). The fraction of sp³-hybridized carbons (Fsp3) is 0.444. The number of hydrogen-bond acceptors (Lipinski definition) is 15. The summed E-state index contributed by atoms with van der Waals surface area (Å²) in [6.07, 6.45) is -0.161. The van der Waals surface area contributed by atoms with Gasteiger partial charge in [-0.1, -0.05) is 103 Å². The number of hydrogen-bond donors (Lipinski definition) is 5. The van der Waals surface area contributed by atoms with E-state index in [-0.39, 0.29) is 42.7 Å². The van der Waals surface area contributed by atoms with Gasteiger partial charge in [-0.25, -0.2) is 14.4 Å². The number of carbonyl (C=O) groups is 7. The second-order valence-electron chi connectivity index (χ2n) is 22.3. The number of carbonyl (C=O) groups excluding carboxylic acids is 7. The Balaban J connectivity index is 0.822. The molecule has 6 amide bonds. The van der Waals surface area contributed by atoms with Gasteiger partial charge in [0, 0.05) is 63.1 Å². The van der Waals surface area contributed by atoms with Gasteiger partial charge in [0.15, 0.2) is 5.72 Å². The van der Waals surface area contributed by atoms with Gasteiger partial charge in [-0.15, -0.1) is 0 Å². The van der Waals surface area contributed by atoms with E-state index < -0.39 is 95.7 Å². The molecule has 0 aromatic heterocycles. The van der Waals surface area contributed by atoms with Crippen molar-refractivity contribution in [2.24, 2.45) is 5.92 Å². The third-order valence-electron chi connectivity index (χ3n) is 16.3. The number of amides is 6. The fourth-order valence-corrected chi connectivity index (χ4v) is 12.2. The molecule has 2 fully saturated rings. The molecule has 2 saturated heterocycles. The maximum absolute atomic E-state index is 14.4. The van der Waals surface area contributed by atoms with Crippen LogP contribution in [0.4, 0.5) is 21.0 Å². The molecule has 4 aromatic carbocycles. The number of aliphatic hydroxyl groups is 1. The standard InChI is InChI=1S/C63H75ClN6O14S/c1-35-16-15-21-51(80-10)63(78)32-50(82-61(77)68-63)36(2)56-62(6,84-56)52(31-54(72)70(8)48-29-41(28-35)30-49(79-9)55(48)64)83-59(75)39(5)69(7)53(71)26-27-85-34-40-22-24-42(25-23-40)67-58(74)37(3)65-57(73)38(4)66-60(76)81-33-47-45-19-13-11-17-43(45)44-18-12-14-20-46(44)47/h11-25,29-30,36-39,47,50-52,56,78H,26-28,31-34H2,1-10H3,(H,65,73)(H,66,76)(H,67,74)(H,68,77). The number of rotatable bonds is 17. The number of methoxy groups -OCH3 is 2. The molecular formula is C63H75ClN6O14S. The number of anilines is 2. The van der Waals surface area contributed by atoms with Crippen molar-refractivity contribution in [1.29, 1.82) is 0 Å². The molecule has 0 saturated carbocycles. The second kappa shape index (κ2) is 27.3. The van der Waals surface area contributed by atoms with Crippen LogP contribution in [0.5, 0.6) is 5.75 Å². The molecule has 1 aliphatic carbocycles. The molecule has 10 unspecified atom stereocenters. The largest absolute Gasteiger partial charge is 0.495 e. The van der Waals surface area contributed by atoms with Gasteiger partial charge in [0.1, 0.15) is 59.4 Å². The number of halogens is 1. The lowest BCUT2D eigenvalue weighted by atomic mass is 9.83. The van der Waals surface area contributed by atoms with Crippen molar-refractivity contribution in [3.05, 3.63) is 136 Å². The van der Waals surface area contributed by atoms with Crippen LogP contribution in [0.15, 0.2) is 109 Å². The van der Waals surface area contributed by atoms with Crippen molar-refractivity contribution >= 4 is 76.5 Å². The maximum atomic E-state index is 14.4. The Hall–Kier alpha value is -7.43. The minimum Gasteiger partial charge on any atom is -0.495 e. The lowest BCUT2D eigenvalue weighted by molar-refractivity contribution is -0.162. The lowest BCUT2D eigenvalue weighted by Gasteiger charge is -2.42. The van der Waals surface area contributed by atoms with Crippen LogP contribution in [0.1, 0.15) is 89.0 Å². The lowest BCUT2D eigenvalue weighted by Crippen LogP contribution is -2.63. The normalized spacial score (nSPS) is 23.9. The van der Waals surface area contributed by atoms with E-state index in [1.54, 1.807) is 57.3 Å². The Morgan fingerprint density at radius 2 is 1.60 bits per heavy atom. The molecular weight excluding hydrogens is 1130 g/mol. The van der Waals surface area contributed by atoms with E-state index in [1.807, 2.05) is 73.7 Å². The van der Waals surface area contributed by atoms with Gasteiger partial charge >= 0.3 is 18.2 Å². The molecule has 10 atom stereocenters. The molecule has 20 nitrogen and oxygen atoms in total. The van der Waals surface area contributed by atoms with E-state index in [0.717, 1.165) is 39.0 Å². The van der Waals surface area contributed by atoms with E-state index >= 15 is 0 Å². The summed E-state index contributed by atoms with van der Waals surface area (Å²) in [4.78, 5) is 96.8. The molecule has 85 heavy (non-hydrogen) atoms. The van der Waals surface area contributed by atoms with Gasteiger partial charge in [-0.05, 0) is 98.7 Å². The van der Waals surface area contributed by atoms with Crippen molar-refractivity contribution in [3.63, 3.8) is 0 Å². The first kappa shape index (κ1) is 63.6. The van der Waals surface area contributed by atoms with Crippen molar-refractivity contribution in [2.45, 2.75) is 133 Å². The van der Waals surface area contributed by atoms with Crippen LogP contribution in [0.3, 0.4) is 0 Å². The molecule has 454 valence electrons. The van der Waals surface area contributed by atoms with Crippen molar-refractivity contribution in [2.75, 3.05) is 50.9 Å². The number of alkyl carbamates (subject to hydrolysis) is 2. The smallest absolute Gasteiger partial charge is 0.409 e. The van der Waals surface area contributed by atoms with Gasteiger partial charge in [-0.2, -0.15) is 11.8 Å². The van der Waals surface area contributed by atoms with Crippen molar-refractivity contribution < 1.29 is 67.1 Å². The summed E-state index contributed by atoms with van der Waals surface area (Å²) in [6.45, 7) is 10.1. The number of ether oxygens (including phenoxy) is 6. The summed E-state index contributed by atoms with van der Waals surface area (Å²) in [5.74, 6) is -2.06. The summed E-state index contributed by atoms with van der Waals surface area (Å²) in [6, 6.07) is 23.6. The number of esters is 1. The first-order valence-corrected chi connectivity index (χ1v) is 29.7. The number of nitrogens with zero attached hydrogens (tertiary/aromatic N) is 2. The summed E-state index contributed by atoms with van der Waals surface area (Å²) in [7, 11) is 5.96. The number of allylic oxidation sites excluding steroid dienone is 3. The zero-order valence-electron chi connectivity index (χ0n) is 49.4. The molecule has 0 spiro atoms. The number of benzene rings is 4. The molecule has 3 heterocycles. The first-order valence-electron chi connectivity index (χ1n) is 28.2.